The molecule has 0 unspecified atom stereocenters. The maximum atomic E-state index is 6.06. The first kappa shape index (κ1) is 15.5. The van der Waals surface area contributed by atoms with E-state index in [9.17, 15) is 0 Å². The van der Waals surface area contributed by atoms with Crippen molar-refractivity contribution in [3.63, 3.8) is 0 Å². The molecule has 1 aliphatic rings. The third-order valence-electron chi connectivity index (χ3n) is 4.47. The van der Waals surface area contributed by atoms with E-state index in [1.807, 2.05) is 36.4 Å². The second-order valence-electron chi connectivity index (χ2n) is 6.22. The van der Waals surface area contributed by atoms with Crippen LogP contribution in [-0.4, -0.2) is 6.02 Å². The van der Waals surface area contributed by atoms with Gasteiger partial charge in [-0.3, -0.25) is 4.90 Å². The maximum Gasteiger partial charge on any atom is 0.302 e. The number of aryl methyl sites for hydroxylation is 2. The van der Waals surface area contributed by atoms with Crippen LogP contribution in [0.3, 0.4) is 0 Å². The van der Waals surface area contributed by atoms with Gasteiger partial charge >= 0.3 is 6.02 Å². The fourth-order valence-electron chi connectivity index (χ4n) is 3.08. The van der Waals surface area contributed by atoms with Gasteiger partial charge in [-0.2, -0.15) is 4.99 Å². The average Bonchev–Trinajstić information content (AvgIpc) is 2.64. The zero-order valence-corrected chi connectivity index (χ0v) is 14.4. The lowest BCUT2D eigenvalue weighted by atomic mass is 10.1. The minimum Gasteiger partial charge on any atom is -0.459 e. The molecular formula is C22H20N2O. The van der Waals surface area contributed by atoms with E-state index in [1.165, 1.54) is 5.56 Å². The van der Waals surface area contributed by atoms with Crippen molar-refractivity contribution < 1.29 is 4.74 Å². The summed E-state index contributed by atoms with van der Waals surface area (Å²) in [6, 6.07) is 25.4. The smallest absolute Gasteiger partial charge is 0.302 e. The Kier molecular flexibility index (Phi) is 3.98. The number of aliphatic imine (C=N–C) groups is 1. The Morgan fingerprint density at radius 3 is 2.16 bits per heavy atom. The highest BCUT2D eigenvalue weighted by Crippen LogP contribution is 2.36. The molecule has 1 aliphatic heterocycles. The second kappa shape index (κ2) is 6.44. The van der Waals surface area contributed by atoms with Crippen molar-refractivity contribution in [3.05, 3.63) is 89.5 Å². The van der Waals surface area contributed by atoms with Crippen molar-refractivity contribution in [1.82, 2.24) is 0 Å². The van der Waals surface area contributed by atoms with Crippen molar-refractivity contribution in [2.24, 2.45) is 4.99 Å². The van der Waals surface area contributed by atoms with Gasteiger partial charge in [-0.05, 0) is 43.2 Å². The number of fused-ring (bicyclic) bond motifs is 1. The van der Waals surface area contributed by atoms with E-state index in [4.69, 9.17) is 9.73 Å². The van der Waals surface area contributed by atoms with Crippen molar-refractivity contribution in [1.29, 1.82) is 0 Å². The predicted octanol–water partition coefficient (Wildman–Crippen LogP) is 5.66. The van der Waals surface area contributed by atoms with Crippen LogP contribution in [0.2, 0.25) is 0 Å². The zero-order chi connectivity index (χ0) is 17.2. The number of nitrogens with zero attached hydrogens (tertiary/aromatic N) is 2. The standard InChI is InChI=1S/C22H20N2O/c1-16-9-3-6-12-19(16)23-22-24(20-13-7-4-10-17(20)2)21-14-8-5-11-18(21)15-25-22/h3-14H,15H2,1-2H3. The number of para-hydroxylation sites is 3. The van der Waals surface area contributed by atoms with Crippen LogP contribution in [0.4, 0.5) is 17.1 Å². The van der Waals surface area contributed by atoms with E-state index in [2.05, 4.69) is 55.1 Å². The van der Waals surface area contributed by atoms with Crippen LogP contribution in [0, 0.1) is 13.8 Å². The van der Waals surface area contributed by atoms with Gasteiger partial charge in [0.05, 0.1) is 17.1 Å². The number of benzene rings is 3. The molecule has 0 saturated heterocycles. The van der Waals surface area contributed by atoms with Crippen molar-refractivity contribution in [3.8, 4) is 0 Å². The largest absolute Gasteiger partial charge is 0.459 e. The summed E-state index contributed by atoms with van der Waals surface area (Å²) in [5.74, 6) is 0. The first-order valence-corrected chi connectivity index (χ1v) is 8.45. The Bertz CT molecular complexity index is 946. The summed E-state index contributed by atoms with van der Waals surface area (Å²) in [6.45, 7) is 4.70. The van der Waals surface area contributed by atoms with E-state index in [0.29, 0.717) is 12.6 Å². The molecular weight excluding hydrogens is 308 g/mol. The lowest BCUT2D eigenvalue weighted by Gasteiger charge is -2.33. The minimum absolute atomic E-state index is 0.531. The third kappa shape index (κ3) is 2.89. The molecule has 4 rings (SSSR count). The summed E-state index contributed by atoms with van der Waals surface area (Å²) in [5.41, 5.74) is 6.60. The molecule has 0 N–H and O–H groups in total. The van der Waals surface area contributed by atoms with Crippen LogP contribution in [0.15, 0.2) is 77.8 Å². The minimum atomic E-state index is 0.531. The first-order chi connectivity index (χ1) is 12.2. The van der Waals surface area contributed by atoms with Crippen LogP contribution in [0.1, 0.15) is 16.7 Å². The normalized spacial score (nSPS) is 15.0. The summed E-state index contributed by atoms with van der Waals surface area (Å²) in [4.78, 5) is 6.95. The van der Waals surface area contributed by atoms with E-state index in [0.717, 1.165) is 28.2 Å². The number of anilines is 2. The van der Waals surface area contributed by atoms with Gasteiger partial charge in [-0.1, -0.05) is 54.6 Å². The highest BCUT2D eigenvalue weighted by atomic mass is 16.5. The van der Waals surface area contributed by atoms with Gasteiger partial charge in [-0.25, -0.2) is 0 Å². The number of amidine groups is 1. The Hall–Kier alpha value is -3.07. The molecule has 0 fully saturated rings. The first-order valence-electron chi connectivity index (χ1n) is 8.45. The summed E-state index contributed by atoms with van der Waals surface area (Å²) in [6.07, 6.45) is 0. The molecule has 0 aliphatic carbocycles. The van der Waals surface area contributed by atoms with Crippen LogP contribution in [-0.2, 0) is 11.3 Å². The van der Waals surface area contributed by atoms with Gasteiger partial charge < -0.3 is 4.74 Å². The molecule has 0 bridgehead atoms. The van der Waals surface area contributed by atoms with Gasteiger partial charge in [-0.15, -0.1) is 0 Å². The monoisotopic (exact) mass is 328 g/mol. The predicted molar refractivity (Wildman–Crippen MR) is 103 cm³/mol. The summed E-state index contributed by atoms with van der Waals surface area (Å²) in [5, 5.41) is 0. The van der Waals surface area contributed by atoms with Crippen LogP contribution in [0.25, 0.3) is 0 Å². The van der Waals surface area contributed by atoms with Crippen LogP contribution in [0.5, 0.6) is 0 Å². The van der Waals surface area contributed by atoms with Gasteiger partial charge in [0.2, 0.25) is 0 Å². The molecule has 0 atom stereocenters. The Labute approximate surface area is 148 Å². The van der Waals surface area contributed by atoms with E-state index in [-0.39, 0.29) is 0 Å². The molecule has 3 aromatic rings. The van der Waals surface area contributed by atoms with E-state index < -0.39 is 0 Å². The number of ether oxygens (including phenoxy) is 1. The lowest BCUT2D eigenvalue weighted by Crippen LogP contribution is -2.33. The molecule has 0 saturated carbocycles. The topological polar surface area (TPSA) is 24.8 Å². The third-order valence-corrected chi connectivity index (χ3v) is 4.47. The highest BCUT2D eigenvalue weighted by Gasteiger charge is 2.26. The molecule has 3 heteroatoms. The van der Waals surface area contributed by atoms with Crippen molar-refractivity contribution in [2.75, 3.05) is 4.90 Å². The average molecular weight is 328 g/mol. The fraction of sp³-hybridized carbons (Fsp3) is 0.136. The molecule has 0 radical (unpaired) electrons. The fourth-order valence-corrected chi connectivity index (χ4v) is 3.08. The molecule has 25 heavy (non-hydrogen) atoms. The molecule has 3 aromatic carbocycles. The molecule has 0 amide bonds. The van der Waals surface area contributed by atoms with Crippen molar-refractivity contribution >= 4 is 23.1 Å². The van der Waals surface area contributed by atoms with Crippen molar-refractivity contribution in [2.45, 2.75) is 20.5 Å². The van der Waals surface area contributed by atoms with Gasteiger partial charge in [0, 0.05) is 5.56 Å². The van der Waals surface area contributed by atoms with Gasteiger partial charge in [0.1, 0.15) is 6.61 Å². The molecule has 0 aromatic heterocycles. The Balaban J connectivity index is 1.90. The zero-order valence-electron chi connectivity index (χ0n) is 14.4. The number of hydrogen-bond donors (Lipinski definition) is 0. The summed E-state index contributed by atoms with van der Waals surface area (Å²) < 4.78 is 6.06. The van der Waals surface area contributed by atoms with Gasteiger partial charge in [0.25, 0.3) is 0 Å². The van der Waals surface area contributed by atoms with Gasteiger partial charge in [0.15, 0.2) is 0 Å². The van der Waals surface area contributed by atoms with Crippen LogP contribution < -0.4 is 4.90 Å². The summed E-state index contributed by atoms with van der Waals surface area (Å²) in [7, 11) is 0. The number of rotatable bonds is 2. The Morgan fingerprint density at radius 2 is 1.40 bits per heavy atom. The quantitative estimate of drug-likeness (QED) is 0.606. The molecule has 0 spiro atoms. The maximum absolute atomic E-state index is 6.06. The molecule has 3 nitrogen and oxygen atoms in total. The van der Waals surface area contributed by atoms with E-state index >= 15 is 0 Å². The summed E-state index contributed by atoms with van der Waals surface area (Å²) >= 11 is 0. The Morgan fingerprint density at radius 1 is 0.760 bits per heavy atom. The number of hydrogen-bond acceptors (Lipinski definition) is 2. The SMILES string of the molecule is Cc1ccccc1N=C1OCc2ccccc2N1c1ccccc1C. The van der Waals surface area contributed by atoms with E-state index in [1.54, 1.807) is 0 Å². The highest BCUT2D eigenvalue weighted by molar-refractivity contribution is 6.03. The molecule has 1 heterocycles. The second-order valence-corrected chi connectivity index (χ2v) is 6.22. The molecule has 124 valence electrons. The lowest BCUT2D eigenvalue weighted by molar-refractivity contribution is 0.279. The van der Waals surface area contributed by atoms with Crippen LogP contribution >= 0.6 is 0 Å².